The van der Waals surface area contributed by atoms with Crippen molar-refractivity contribution in [3.05, 3.63) is 29.6 Å². The van der Waals surface area contributed by atoms with Crippen LogP contribution in [0.15, 0.2) is 18.3 Å². The Hall–Kier alpha value is -2.78. The summed E-state index contributed by atoms with van der Waals surface area (Å²) >= 11 is 0. The summed E-state index contributed by atoms with van der Waals surface area (Å²) in [7, 11) is 0. The lowest BCUT2D eigenvalue weighted by Crippen LogP contribution is -2.55. The van der Waals surface area contributed by atoms with E-state index in [-0.39, 0.29) is 0 Å². The molecule has 4 heterocycles. The van der Waals surface area contributed by atoms with E-state index in [1.54, 1.807) is 0 Å². The van der Waals surface area contributed by atoms with Gasteiger partial charge < -0.3 is 20.3 Å². The third kappa shape index (κ3) is 4.62. The first kappa shape index (κ1) is 21.5. The van der Waals surface area contributed by atoms with Crippen molar-refractivity contribution in [3.8, 4) is 0 Å². The summed E-state index contributed by atoms with van der Waals surface area (Å²) in [4.78, 5) is 16.7. The van der Waals surface area contributed by atoms with E-state index in [1.165, 1.54) is 0 Å². The number of rotatable bonds is 7. The molecule has 0 spiro atoms. The Labute approximate surface area is 183 Å². The average Bonchev–Trinajstić information content (AvgIpc) is 3.07. The summed E-state index contributed by atoms with van der Waals surface area (Å²) in [5.41, 5.74) is 3.72. The van der Waals surface area contributed by atoms with Gasteiger partial charge in [-0.25, -0.2) is 9.97 Å². The fraction of sp³-hybridized carbons (Fsp3) is 0.545. The van der Waals surface area contributed by atoms with Crippen molar-refractivity contribution >= 4 is 28.6 Å². The van der Waals surface area contributed by atoms with Gasteiger partial charge in [-0.2, -0.15) is 10.1 Å². The number of piperazine rings is 1. The summed E-state index contributed by atoms with van der Waals surface area (Å²) < 4.78 is 7.50. The van der Waals surface area contributed by atoms with Crippen molar-refractivity contribution in [2.45, 2.75) is 53.2 Å². The van der Waals surface area contributed by atoms with Gasteiger partial charge in [0.1, 0.15) is 16.9 Å². The monoisotopic (exact) mass is 424 g/mol. The maximum Gasteiger partial charge on any atom is 0.228 e. The van der Waals surface area contributed by atoms with Crippen LogP contribution in [-0.4, -0.2) is 63.1 Å². The van der Waals surface area contributed by atoms with E-state index >= 15 is 0 Å². The van der Waals surface area contributed by atoms with Crippen molar-refractivity contribution in [3.63, 3.8) is 0 Å². The Morgan fingerprint density at radius 1 is 1.23 bits per heavy atom. The van der Waals surface area contributed by atoms with Crippen LogP contribution in [-0.2, 0) is 11.3 Å². The van der Waals surface area contributed by atoms with Crippen LogP contribution < -0.4 is 15.5 Å². The molecule has 31 heavy (non-hydrogen) atoms. The van der Waals surface area contributed by atoms with E-state index in [0.29, 0.717) is 37.7 Å². The number of fused-ring (bicyclic) bond motifs is 1. The molecular weight excluding hydrogens is 392 g/mol. The molecule has 0 bridgehead atoms. The van der Waals surface area contributed by atoms with Crippen molar-refractivity contribution in [1.29, 1.82) is 0 Å². The molecule has 2 atom stereocenters. The van der Waals surface area contributed by atoms with Crippen LogP contribution in [0.25, 0.3) is 11.0 Å². The number of hydrogen-bond acceptors (Lipinski definition) is 8. The van der Waals surface area contributed by atoms with Crippen molar-refractivity contribution in [2.75, 3.05) is 36.5 Å². The van der Waals surface area contributed by atoms with E-state index in [4.69, 9.17) is 19.8 Å². The molecule has 3 aromatic heterocycles. The maximum absolute atomic E-state index is 5.56. The van der Waals surface area contributed by atoms with Gasteiger partial charge in [0.2, 0.25) is 5.95 Å². The van der Waals surface area contributed by atoms with Gasteiger partial charge >= 0.3 is 0 Å². The number of nitrogens with one attached hydrogen (secondary N) is 2. The predicted molar refractivity (Wildman–Crippen MR) is 123 cm³/mol. The lowest BCUT2D eigenvalue weighted by Gasteiger charge is -2.37. The number of nitrogens with zero attached hydrogens (tertiary/aromatic N) is 6. The van der Waals surface area contributed by atoms with Crippen LogP contribution in [0.1, 0.15) is 32.0 Å². The van der Waals surface area contributed by atoms with E-state index in [0.717, 1.165) is 47.1 Å². The van der Waals surface area contributed by atoms with Gasteiger partial charge in [0, 0.05) is 38.0 Å². The summed E-state index contributed by atoms with van der Waals surface area (Å²) in [5, 5.41) is 11.7. The summed E-state index contributed by atoms with van der Waals surface area (Å²) in [6.07, 6.45) is 1.85. The van der Waals surface area contributed by atoms with Crippen molar-refractivity contribution < 1.29 is 4.74 Å². The van der Waals surface area contributed by atoms with Crippen LogP contribution in [0.3, 0.4) is 0 Å². The average molecular weight is 425 g/mol. The smallest absolute Gasteiger partial charge is 0.228 e. The number of aromatic nitrogens is 5. The van der Waals surface area contributed by atoms with Gasteiger partial charge in [-0.3, -0.25) is 4.68 Å². The molecule has 0 aliphatic carbocycles. The van der Waals surface area contributed by atoms with Gasteiger partial charge in [-0.05, 0) is 46.2 Å². The zero-order valence-corrected chi connectivity index (χ0v) is 19.0. The fourth-order valence-corrected chi connectivity index (χ4v) is 3.85. The highest BCUT2D eigenvalue weighted by Gasteiger charge is 2.27. The zero-order valence-electron chi connectivity index (χ0n) is 19.0. The topological polar surface area (TPSA) is 93.0 Å². The second-order valence-corrected chi connectivity index (χ2v) is 8.23. The van der Waals surface area contributed by atoms with E-state index in [2.05, 4.69) is 34.4 Å². The Bertz CT molecular complexity index is 1030. The van der Waals surface area contributed by atoms with E-state index in [1.807, 2.05) is 43.8 Å². The molecule has 9 nitrogen and oxygen atoms in total. The molecule has 0 unspecified atom stereocenters. The molecule has 0 amide bonds. The number of pyridine rings is 1. The Kier molecular flexibility index (Phi) is 6.33. The minimum Gasteiger partial charge on any atom is -0.380 e. The van der Waals surface area contributed by atoms with Gasteiger partial charge in [-0.1, -0.05) is 6.07 Å². The Morgan fingerprint density at radius 2 is 2.06 bits per heavy atom. The van der Waals surface area contributed by atoms with Gasteiger partial charge in [0.15, 0.2) is 5.82 Å². The third-order valence-electron chi connectivity index (χ3n) is 5.57. The number of anilines is 3. The quantitative estimate of drug-likeness (QED) is 0.560. The normalized spacial score (nSPS) is 19.2. The van der Waals surface area contributed by atoms with Crippen LogP contribution in [0.4, 0.5) is 17.6 Å². The van der Waals surface area contributed by atoms with Crippen molar-refractivity contribution in [2.24, 2.45) is 0 Å². The van der Waals surface area contributed by atoms with E-state index < -0.39 is 0 Å². The second kappa shape index (κ2) is 9.15. The summed E-state index contributed by atoms with van der Waals surface area (Å²) in [6, 6.07) is 4.67. The highest BCUT2D eigenvalue weighted by molar-refractivity contribution is 5.90. The third-order valence-corrected chi connectivity index (χ3v) is 5.57. The molecule has 1 aliphatic heterocycles. The number of hydrogen-bond donors (Lipinski definition) is 2. The molecule has 0 radical (unpaired) electrons. The Balaban J connectivity index is 1.79. The predicted octanol–water partition coefficient (Wildman–Crippen LogP) is 2.80. The van der Waals surface area contributed by atoms with Crippen LogP contribution in [0.5, 0.6) is 0 Å². The van der Waals surface area contributed by atoms with Crippen LogP contribution >= 0.6 is 0 Å². The van der Waals surface area contributed by atoms with Crippen LogP contribution in [0, 0.1) is 13.8 Å². The number of ether oxygens (including phenoxy) is 1. The largest absolute Gasteiger partial charge is 0.380 e. The summed E-state index contributed by atoms with van der Waals surface area (Å²) in [6.45, 7) is 14.0. The standard InChI is InChI=1S/C22H32N8O/c1-6-31-10-9-30-20-19(17(5)28-30)26-22(29-13-15(3)23-12-16(29)4)27-21(20)25-18-8-7-14(2)11-24-18/h7-8,11,15-16,23H,6,9-10,12-13H2,1-5H3,(H,24,25,26,27)/t15-,16+/m0/s1. The molecule has 166 valence electrons. The SMILES string of the molecule is CCOCCn1nc(C)c2nc(N3C[C@H](C)NC[C@H]3C)nc(Nc3ccc(C)cn3)c21. The molecule has 1 fully saturated rings. The van der Waals surface area contributed by atoms with Gasteiger partial charge in [0.25, 0.3) is 0 Å². The van der Waals surface area contributed by atoms with Gasteiger partial charge in [-0.15, -0.1) is 0 Å². The minimum atomic E-state index is 0.298. The van der Waals surface area contributed by atoms with Gasteiger partial charge in [0.05, 0.1) is 18.8 Å². The highest BCUT2D eigenvalue weighted by Crippen LogP contribution is 2.29. The molecule has 4 rings (SSSR count). The first-order chi connectivity index (χ1) is 15.0. The molecule has 1 aliphatic rings. The summed E-state index contributed by atoms with van der Waals surface area (Å²) in [5.74, 6) is 2.18. The second-order valence-electron chi connectivity index (χ2n) is 8.23. The molecule has 0 saturated carbocycles. The first-order valence-electron chi connectivity index (χ1n) is 11.0. The molecule has 0 aromatic carbocycles. The molecule has 9 heteroatoms. The molecule has 1 saturated heterocycles. The van der Waals surface area contributed by atoms with Crippen LogP contribution in [0.2, 0.25) is 0 Å². The lowest BCUT2D eigenvalue weighted by molar-refractivity contribution is 0.137. The van der Waals surface area contributed by atoms with E-state index in [9.17, 15) is 0 Å². The Morgan fingerprint density at radius 3 is 2.81 bits per heavy atom. The molecular formula is C22H32N8O. The minimum absolute atomic E-state index is 0.298. The molecule has 2 N–H and O–H groups in total. The van der Waals surface area contributed by atoms with Crippen molar-refractivity contribution in [1.82, 2.24) is 30.0 Å². The highest BCUT2D eigenvalue weighted by atomic mass is 16.5. The number of aryl methyl sites for hydroxylation is 2. The molecule has 3 aromatic rings. The zero-order chi connectivity index (χ0) is 22.0. The lowest BCUT2D eigenvalue weighted by atomic mass is 10.1. The first-order valence-corrected chi connectivity index (χ1v) is 11.0. The fourth-order valence-electron chi connectivity index (χ4n) is 3.85. The maximum atomic E-state index is 5.56.